The number of benzene rings is 1. The Morgan fingerprint density at radius 1 is 1.50 bits per heavy atom. The highest BCUT2D eigenvalue weighted by Crippen LogP contribution is 2.41. The van der Waals surface area contributed by atoms with E-state index in [4.69, 9.17) is 4.74 Å². The molecule has 1 saturated carbocycles. The molecule has 1 aliphatic carbocycles. The van der Waals surface area contributed by atoms with Gasteiger partial charge in [-0.05, 0) is 25.0 Å². The molecule has 0 unspecified atom stereocenters. The minimum absolute atomic E-state index is 0.110. The average molecular weight is 290 g/mol. The topological polar surface area (TPSA) is 71.5 Å². The van der Waals surface area contributed by atoms with Crippen LogP contribution in [0.5, 0.6) is 11.5 Å². The SMILES string of the molecule is COc1ccc(C(=O)Nc2nc(C3CC3)cs2)c(O)c1. The molecule has 1 heterocycles. The molecule has 1 aromatic heterocycles. The smallest absolute Gasteiger partial charge is 0.261 e. The number of carbonyl (C=O) groups excluding carboxylic acids is 1. The summed E-state index contributed by atoms with van der Waals surface area (Å²) in [6, 6.07) is 4.57. The lowest BCUT2D eigenvalue weighted by molar-refractivity contribution is 0.102. The van der Waals surface area contributed by atoms with Gasteiger partial charge in [0.25, 0.3) is 5.91 Å². The van der Waals surface area contributed by atoms with Gasteiger partial charge in [0.2, 0.25) is 0 Å². The molecule has 0 radical (unpaired) electrons. The monoisotopic (exact) mass is 290 g/mol. The molecule has 2 N–H and O–H groups in total. The zero-order chi connectivity index (χ0) is 14.1. The van der Waals surface area contributed by atoms with Crippen molar-refractivity contribution in [2.24, 2.45) is 0 Å². The minimum atomic E-state index is -0.373. The normalized spacial score (nSPS) is 14.1. The van der Waals surface area contributed by atoms with E-state index >= 15 is 0 Å². The van der Waals surface area contributed by atoms with E-state index in [1.807, 2.05) is 5.38 Å². The lowest BCUT2D eigenvalue weighted by atomic mass is 10.2. The van der Waals surface area contributed by atoms with E-state index in [1.54, 1.807) is 6.07 Å². The molecule has 0 saturated heterocycles. The number of nitrogens with one attached hydrogen (secondary N) is 1. The number of phenols is 1. The first-order valence-electron chi connectivity index (χ1n) is 6.31. The molecular weight excluding hydrogens is 276 g/mol. The van der Waals surface area contributed by atoms with Crippen LogP contribution in [0.15, 0.2) is 23.6 Å². The summed E-state index contributed by atoms with van der Waals surface area (Å²) in [6.07, 6.45) is 2.35. The summed E-state index contributed by atoms with van der Waals surface area (Å²) in [7, 11) is 1.50. The molecule has 2 aromatic rings. The van der Waals surface area contributed by atoms with E-state index in [-0.39, 0.29) is 17.2 Å². The Morgan fingerprint density at radius 2 is 2.30 bits per heavy atom. The third kappa shape index (κ3) is 2.60. The molecule has 6 heteroatoms. The van der Waals surface area contributed by atoms with Gasteiger partial charge in [0.1, 0.15) is 11.5 Å². The largest absolute Gasteiger partial charge is 0.507 e. The van der Waals surface area contributed by atoms with E-state index in [9.17, 15) is 9.90 Å². The van der Waals surface area contributed by atoms with Gasteiger partial charge in [-0.3, -0.25) is 10.1 Å². The van der Waals surface area contributed by atoms with Crippen molar-refractivity contribution in [1.29, 1.82) is 0 Å². The Balaban J connectivity index is 1.74. The molecule has 1 fully saturated rings. The highest BCUT2D eigenvalue weighted by molar-refractivity contribution is 7.14. The molecule has 20 heavy (non-hydrogen) atoms. The molecule has 0 atom stereocenters. The van der Waals surface area contributed by atoms with Crippen LogP contribution in [-0.2, 0) is 0 Å². The maximum atomic E-state index is 12.1. The molecule has 104 valence electrons. The number of carbonyl (C=O) groups is 1. The third-order valence-corrected chi connectivity index (χ3v) is 3.96. The maximum absolute atomic E-state index is 12.1. The standard InChI is InChI=1S/C14H14N2O3S/c1-19-9-4-5-10(12(17)6-9)13(18)16-14-15-11(7-20-14)8-2-3-8/h4-8,17H,2-3H2,1H3,(H,15,16,18). The number of thiazole rings is 1. The molecular formula is C14H14N2O3S. The van der Waals surface area contributed by atoms with Crippen LogP contribution >= 0.6 is 11.3 Å². The van der Waals surface area contributed by atoms with Crippen LogP contribution in [0.3, 0.4) is 0 Å². The number of hydrogen-bond donors (Lipinski definition) is 2. The lowest BCUT2D eigenvalue weighted by Crippen LogP contribution is -2.12. The van der Waals surface area contributed by atoms with Crippen molar-refractivity contribution in [3.63, 3.8) is 0 Å². The second-order valence-corrected chi connectivity index (χ2v) is 5.55. The molecule has 5 nitrogen and oxygen atoms in total. The molecule has 3 rings (SSSR count). The second-order valence-electron chi connectivity index (χ2n) is 4.69. The quantitative estimate of drug-likeness (QED) is 0.908. The average Bonchev–Trinajstić information content (AvgIpc) is 3.19. The van der Waals surface area contributed by atoms with Crippen LogP contribution in [0.1, 0.15) is 34.8 Å². The van der Waals surface area contributed by atoms with Gasteiger partial charge in [-0.1, -0.05) is 0 Å². The van der Waals surface area contributed by atoms with Gasteiger partial charge >= 0.3 is 0 Å². The summed E-state index contributed by atoms with van der Waals surface area (Å²) >= 11 is 1.41. The van der Waals surface area contributed by atoms with Gasteiger partial charge in [-0.25, -0.2) is 4.98 Å². The number of amides is 1. The molecule has 1 amide bonds. The van der Waals surface area contributed by atoms with Crippen LogP contribution in [0, 0.1) is 0 Å². The van der Waals surface area contributed by atoms with Gasteiger partial charge in [0, 0.05) is 17.4 Å². The summed E-state index contributed by atoms with van der Waals surface area (Å²) in [5.74, 6) is 0.582. The number of methoxy groups -OCH3 is 1. The van der Waals surface area contributed by atoms with E-state index in [0.29, 0.717) is 16.8 Å². The number of aromatic nitrogens is 1. The number of nitrogens with zero attached hydrogens (tertiary/aromatic N) is 1. The number of rotatable bonds is 4. The summed E-state index contributed by atoms with van der Waals surface area (Å²) in [5.41, 5.74) is 1.25. The Hall–Kier alpha value is -2.08. The van der Waals surface area contributed by atoms with E-state index in [0.717, 1.165) is 5.69 Å². The van der Waals surface area contributed by atoms with Gasteiger partial charge in [0.05, 0.1) is 18.4 Å². The predicted molar refractivity (Wildman–Crippen MR) is 76.7 cm³/mol. The number of phenolic OH excluding ortho intramolecular Hbond substituents is 1. The summed E-state index contributed by atoms with van der Waals surface area (Å²) in [5, 5.41) is 15.1. The van der Waals surface area contributed by atoms with Crippen molar-refractivity contribution in [2.75, 3.05) is 12.4 Å². The van der Waals surface area contributed by atoms with Crippen molar-refractivity contribution >= 4 is 22.4 Å². The van der Waals surface area contributed by atoms with E-state index in [2.05, 4.69) is 10.3 Å². The summed E-state index contributed by atoms with van der Waals surface area (Å²) < 4.78 is 4.98. The first kappa shape index (κ1) is 12.9. The highest BCUT2D eigenvalue weighted by atomic mass is 32.1. The third-order valence-electron chi connectivity index (χ3n) is 3.19. The maximum Gasteiger partial charge on any atom is 0.261 e. The molecule has 0 aliphatic heterocycles. The Labute approximate surface area is 120 Å². The zero-order valence-electron chi connectivity index (χ0n) is 10.9. The van der Waals surface area contributed by atoms with Crippen molar-refractivity contribution in [3.05, 3.63) is 34.8 Å². The van der Waals surface area contributed by atoms with Crippen molar-refractivity contribution in [3.8, 4) is 11.5 Å². The predicted octanol–water partition coefficient (Wildman–Crippen LogP) is 2.99. The van der Waals surface area contributed by atoms with Gasteiger partial charge in [-0.15, -0.1) is 11.3 Å². The Morgan fingerprint density at radius 3 is 2.95 bits per heavy atom. The van der Waals surface area contributed by atoms with Crippen molar-refractivity contribution in [1.82, 2.24) is 4.98 Å². The van der Waals surface area contributed by atoms with Crippen LogP contribution in [0.25, 0.3) is 0 Å². The Kier molecular flexibility index (Phi) is 3.31. The molecule has 0 spiro atoms. The van der Waals surface area contributed by atoms with Crippen LogP contribution in [0.2, 0.25) is 0 Å². The van der Waals surface area contributed by atoms with E-state index < -0.39 is 0 Å². The number of aromatic hydroxyl groups is 1. The number of anilines is 1. The fraction of sp³-hybridized carbons (Fsp3) is 0.286. The highest BCUT2D eigenvalue weighted by Gasteiger charge is 2.26. The van der Waals surface area contributed by atoms with Gasteiger partial charge in [0.15, 0.2) is 5.13 Å². The van der Waals surface area contributed by atoms with Crippen LogP contribution in [0.4, 0.5) is 5.13 Å². The van der Waals surface area contributed by atoms with Crippen LogP contribution < -0.4 is 10.1 Å². The van der Waals surface area contributed by atoms with Gasteiger partial charge in [-0.2, -0.15) is 0 Å². The lowest BCUT2D eigenvalue weighted by Gasteiger charge is -2.06. The van der Waals surface area contributed by atoms with Gasteiger partial charge < -0.3 is 9.84 Å². The first-order chi connectivity index (χ1) is 9.67. The second kappa shape index (κ2) is 5.13. The number of hydrogen-bond acceptors (Lipinski definition) is 5. The van der Waals surface area contributed by atoms with Crippen molar-refractivity contribution < 1.29 is 14.6 Å². The fourth-order valence-electron chi connectivity index (χ4n) is 1.91. The van der Waals surface area contributed by atoms with Crippen LogP contribution in [-0.4, -0.2) is 23.1 Å². The minimum Gasteiger partial charge on any atom is -0.507 e. The van der Waals surface area contributed by atoms with Crippen molar-refractivity contribution in [2.45, 2.75) is 18.8 Å². The summed E-state index contributed by atoms with van der Waals surface area (Å²) in [6.45, 7) is 0. The molecule has 1 aromatic carbocycles. The first-order valence-corrected chi connectivity index (χ1v) is 7.19. The molecule has 0 bridgehead atoms. The fourth-order valence-corrected chi connectivity index (χ4v) is 2.69. The van der Waals surface area contributed by atoms with E-state index in [1.165, 1.54) is 43.4 Å². The zero-order valence-corrected chi connectivity index (χ0v) is 11.7. The Bertz CT molecular complexity index is 650. The summed E-state index contributed by atoms with van der Waals surface area (Å²) in [4.78, 5) is 16.5. The molecule has 1 aliphatic rings. The number of ether oxygens (including phenoxy) is 1.